The summed E-state index contributed by atoms with van der Waals surface area (Å²) < 4.78 is 6.85. The minimum Gasteiger partial charge on any atom is -0.479 e. The van der Waals surface area contributed by atoms with Gasteiger partial charge in [-0.05, 0) is 33.4 Å². The average molecular weight is 424 g/mol. The minimum absolute atomic E-state index is 0.238. The summed E-state index contributed by atoms with van der Waals surface area (Å²) in [7, 11) is 0. The van der Waals surface area contributed by atoms with Crippen molar-refractivity contribution in [1.29, 1.82) is 0 Å². The molecule has 1 aromatic heterocycles. The minimum atomic E-state index is -3.46. The molecule has 0 bridgehead atoms. The van der Waals surface area contributed by atoms with Gasteiger partial charge in [-0.25, -0.2) is 4.79 Å². The van der Waals surface area contributed by atoms with Crippen LogP contribution in [0.25, 0.3) is 10.9 Å². The molecule has 0 radical (unpaired) electrons. The van der Waals surface area contributed by atoms with Crippen molar-refractivity contribution < 1.29 is 36.5 Å². The molecule has 2 aromatic rings. The fourth-order valence-electron chi connectivity index (χ4n) is 2.23. The summed E-state index contributed by atoms with van der Waals surface area (Å²) in [6, 6.07) is 5.68. The third-order valence-corrected chi connectivity index (χ3v) is 4.50. The first-order valence-electron chi connectivity index (χ1n) is 6.96. The fraction of sp³-hybridized carbons (Fsp3) is 0.286. The maximum atomic E-state index is 11.6. The van der Waals surface area contributed by atoms with E-state index in [1.165, 1.54) is 12.1 Å². The third-order valence-electron chi connectivity index (χ3n) is 3.57. The molecule has 0 aliphatic heterocycles. The number of alkyl halides is 1. The zero-order valence-electron chi connectivity index (χ0n) is 12.8. The lowest BCUT2D eigenvalue weighted by atomic mass is 9.83. The van der Waals surface area contributed by atoms with E-state index < -0.39 is 45.3 Å². The summed E-state index contributed by atoms with van der Waals surface area (Å²) in [6.07, 6.45) is -5.31. The summed E-state index contributed by atoms with van der Waals surface area (Å²) in [5, 5.41) is 46.7. The van der Waals surface area contributed by atoms with Gasteiger partial charge in [0.05, 0.1) is 7.06 Å². The smallest absolute Gasteiger partial charge is 0.337 e. The zero-order valence-corrected chi connectivity index (χ0v) is 14.1. The number of aromatic amines is 1. The third kappa shape index (κ3) is 2.83. The van der Waals surface area contributed by atoms with Crippen LogP contribution in [0.2, 0.25) is 0 Å². The van der Waals surface area contributed by atoms with Crippen molar-refractivity contribution in [2.24, 2.45) is 0 Å². The van der Waals surface area contributed by atoms with Crippen LogP contribution in [-0.2, 0) is 15.2 Å². The molecule has 0 saturated carbocycles. The number of rotatable bonds is 6. The number of hydrogen-bond acceptors (Lipinski definition) is 6. The Balaban J connectivity index is 2.81. The molecule has 1 heterocycles. The number of carbonyl (C=O) groups is 2. The van der Waals surface area contributed by atoms with E-state index >= 15 is 0 Å². The molecule has 0 unspecified atom stereocenters. The molecule has 0 amide bonds. The maximum absolute atomic E-state index is 11.6. The van der Waals surface area contributed by atoms with Crippen LogP contribution in [0, 0.1) is 0 Å². The highest BCUT2D eigenvalue weighted by Crippen LogP contribution is 2.43. The molecular formula is C14H13BrClNO7. The number of benzene rings is 1. The maximum Gasteiger partial charge on any atom is 0.337 e. The molecule has 24 heavy (non-hydrogen) atoms. The monoisotopic (exact) mass is 422 g/mol. The summed E-state index contributed by atoms with van der Waals surface area (Å²) in [5.41, 5.74) is -3.62. The molecule has 8 nitrogen and oxygen atoms in total. The van der Waals surface area contributed by atoms with Crippen LogP contribution in [0.5, 0.6) is 0 Å². The van der Waals surface area contributed by atoms with Gasteiger partial charge < -0.3 is 30.5 Å². The predicted molar refractivity (Wildman–Crippen MR) is 86.6 cm³/mol. The van der Waals surface area contributed by atoms with Gasteiger partial charge in [-0.15, -0.1) is 0 Å². The summed E-state index contributed by atoms with van der Waals surface area (Å²) >= 11 is 8.10. The van der Waals surface area contributed by atoms with Gasteiger partial charge in [0.1, 0.15) is 0 Å². The second-order valence-electron chi connectivity index (χ2n) is 5.06. The largest absolute Gasteiger partial charge is 0.479 e. The summed E-state index contributed by atoms with van der Waals surface area (Å²) in [5.74, 6) is -2.02. The average Bonchev–Trinajstić information content (AvgIpc) is 2.89. The number of halogens is 2. The van der Waals surface area contributed by atoms with Crippen molar-refractivity contribution in [2.75, 3.05) is 0 Å². The Labute approximate surface area is 149 Å². The summed E-state index contributed by atoms with van der Waals surface area (Å²) in [6.45, 7) is 0. The first kappa shape index (κ1) is 17.3. The number of carboxylic acids is 1. The van der Waals surface area contributed by atoms with Crippen molar-refractivity contribution >= 4 is 49.1 Å². The highest BCUT2D eigenvalue weighted by Gasteiger charge is 2.63. The van der Waals surface area contributed by atoms with Gasteiger partial charge in [0.15, 0.2) is 17.8 Å². The number of aliphatic hydroxyl groups excluding tert-OH is 2. The number of nitrogens with one attached hydrogen (secondary N) is 1. The fourth-order valence-corrected chi connectivity index (χ4v) is 2.85. The number of aliphatic carboxylic acids is 1. The Hall–Kier alpha value is -1.49. The van der Waals surface area contributed by atoms with Crippen LogP contribution in [0.3, 0.4) is 0 Å². The molecular weight excluding hydrogens is 410 g/mol. The Kier molecular flexibility index (Phi) is 4.65. The van der Waals surface area contributed by atoms with E-state index in [-0.39, 0.29) is 10.9 Å². The van der Waals surface area contributed by atoms with Crippen molar-refractivity contribution in [1.82, 2.24) is 4.98 Å². The topological polar surface area (TPSA) is 151 Å². The van der Waals surface area contributed by atoms with Crippen molar-refractivity contribution in [3.8, 4) is 0 Å². The first-order valence-corrected chi connectivity index (χ1v) is 7.63. The van der Waals surface area contributed by atoms with Crippen LogP contribution < -0.4 is 0 Å². The lowest BCUT2D eigenvalue weighted by molar-refractivity contribution is -0.211. The van der Waals surface area contributed by atoms with Crippen LogP contribution in [0.4, 0.5) is 0 Å². The molecule has 0 fully saturated rings. The highest BCUT2D eigenvalue weighted by molar-refractivity contribution is 9.18. The Bertz CT molecular complexity index is 842. The van der Waals surface area contributed by atoms with Crippen LogP contribution >= 0.6 is 27.5 Å². The van der Waals surface area contributed by atoms with Gasteiger partial charge in [0, 0.05) is 5.52 Å². The molecule has 0 aliphatic carbocycles. The van der Waals surface area contributed by atoms with Gasteiger partial charge in [-0.3, -0.25) is 4.79 Å². The Morgan fingerprint density at radius 2 is 1.83 bits per heavy atom. The highest BCUT2D eigenvalue weighted by atomic mass is 79.9. The van der Waals surface area contributed by atoms with E-state index in [4.69, 9.17) is 18.1 Å². The Morgan fingerprint density at radius 3 is 2.33 bits per heavy atom. The predicted octanol–water partition coefficient (Wildman–Crippen LogP) is 0.0108. The number of H-pyrrole nitrogens is 1. The molecule has 6 N–H and O–H groups in total. The number of carbonyl (C=O) groups excluding carboxylic acids is 1. The standard InChI is InChI=1S/C14H13BrClNO7/c15-11(20)9(18)13(23,14(16,24)10(19)12(21)22)8-5-6-3-1-2-4-7(6)17-8/h1-5,9-10,17-19,23-24H,(H,21,22)/t9-,10+,13+,14+/m0/s1/i5D. The molecule has 0 saturated heterocycles. The molecule has 2 rings (SSSR count). The second kappa shape index (κ2) is 6.43. The molecule has 1 aromatic carbocycles. The first-order chi connectivity index (χ1) is 11.5. The molecule has 130 valence electrons. The van der Waals surface area contributed by atoms with E-state index in [0.717, 1.165) is 0 Å². The molecule has 4 atom stereocenters. The second-order valence-corrected chi connectivity index (χ2v) is 6.42. The van der Waals surface area contributed by atoms with E-state index in [1.807, 2.05) is 0 Å². The van der Waals surface area contributed by atoms with Gasteiger partial charge >= 0.3 is 5.97 Å². The van der Waals surface area contributed by atoms with Gasteiger partial charge in [0.25, 0.3) is 0 Å². The van der Waals surface area contributed by atoms with E-state index in [0.29, 0.717) is 0 Å². The van der Waals surface area contributed by atoms with Crippen LogP contribution in [0.1, 0.15) is 7.06 Å². The van der Waals surface area contributed by atoms with Gasteiger partial charge in [-0.1, -0.05) is 29.8 Å². The van der Waals surface area contributed by atoms with E-state index in [9.17, 15) is 30.0 Å². The number of para-hydroxylation sites is 1. The van der Waals surface area contributed by atoms with Crippen molar-refractivity contribution in [3.05, 3.63) is 36.0 Å². The van der Waals surface area contributed by atoms with E-state index in [2.05, 4.69) is 20.9 Å². The number of carboxylic acid groups (broad SMARTS) is 1. The lowest BCUT2D eigenvalue weighted by Gasteiger charge is -2.41. The number of aliphatic hydroxyl groups is 4. The van der Waals surface area contributed by atoms with Gasteiger partial charge in [-0.2, -0.15) is 0 Å². The molecule has 0 aliphatic rings. The lowest BCUT2D eigenvalue weighted by Crippen LogP contribution is -2.64. The SMILES string of the molecule is [2H]c1c([C@@](O)([C@@H](O)C(=O)Br)[C@@](O)(Cl)[C@H](O)C(=O)O)[nH]c2ccccc12. The molecule has 0 spiro atoms. The summed E-state index contributed by atoms with van der Waals surface area (Å²) in [4.78, 5) is 25.1. The van der Waals surface area contributed by atoms with E-state index in [1.54, 1.807) is 12.1 Å². The number of hydrogen-bond donors (Lipinski definition) is 6. The molecule has 10 heteroatoms. The van der Waals surface area contributed by atoms with Crippen LogP contribution in [-0.4, -0.2) is 58.4 Å². The normalized spacial score (nSPS) is 19.8. The van der Waals surface area contributed by atoms with Crippen molar-refractivity contribution in [2.45, 2.75) is 22.9 Å². The number of fused-ring (bicyclic) bond motifs is 1. The van der Waals surface area contributed by atoms with Crippen LogP contribution in [0.15, 0.2) is 30.3 Å². The number of aromatic nitrogens is 1. The van der Waals surface area contributed by atoms with Crippen molar-refractivity contribution in [3.63, 3.8) is 0 Å². The Morgan fingerprint density at radius 1 is 1.25 bits per heavy atom. The van der Waals surface area contributed by atoms with Gasteiger partial charge in [0.2, 0.25) is 9.75 Å². The quantitative estimate of drug-likeness (QED) is 0.283. The zero-order chi connectivity index (χ0) is 19.2.